The normalized spacial score (nSPS) is 12.0. The average molecular weight is 263 g/mol. The van der Waals surface area contributed by atoms with Gasteiger partial charge in [0.2, 0.25) is 0 Å². The standard InChI is InChI=1S/C16H29N3/c1-11(2)9-17-10-14-12(3)8-13(4)18-15(14)19-16(5,6)7/h8,11,17H,9-10H2,1-7H3,(H,18,19). The lowest BCUT2D eigenvalue weighted by Gasteiger charge is -2.25. The van der Waals surface area contributed by atoms with Crippen molar-refractivity contribution in [3.63, 3.8) is 0 Å². The van der Waals surface area contributed by atoms with Gasteiger partial charge in [-0.05, 0) is 58.7 Å². The first kappa shape index (κ1) is 16.0. The molecule has 0 fully saturated rings. The van der Waals surface area contributed by atoms with E-state index in [-0.39, 0.29) is 5.54 Å². The average Bonchev–Trinajstić information content (AvgIpc) is 2.18. The fourth-order valence-corrected chi connectivity index (χ4v) is 2.03. The maximum absolute atomic E-state index is 4.67. The van der Waals surface area contributed by atoms with Gasteiger partial charge < -0.3 is 10.6 Å². The molecule has 1 aromatic rings. The maximum Gasteiger partial charge on any atom is 0.131 e. The van der Waals surface area contributed by atoms with Gasteiger partial charge in [0.15, 0.2) is 0 Å². The van der Waals surface area contributed by atoms with Crippen LogP contribution in [0.25, 0.3) is 0 Å². The van der Waals surface area contributed by atoms with Crippen LogP contribution in [-0.4, -0.2) is 17.1 Å². The van der Waals surface area contributed by atoms with Crippen LogP contribution in [0.5, 0.6) is 0 Å². The van der Waals surface area contributed by atoms with Crippen molar-refractivity contribution in [3.05, 3.63) is 22.9 Å². The molecule has 1 heterocycles. The Hall–Kier alpha value is -1.09. The van der Waals surface area contributed by atoms with Crippen LogP contribution in [0.15, 0.2) is 6.07 Å². The molecule has 3 nitrogen and oxygen atoms in total. The molecule has 0 unspecified atom stereocenters. The fraction of sp³-hybridized carbons (Fsp3) is 0.688. The van der Waals surface area contributed by atoms with E-state index in [1.165, 1.54) is 11.1 Å². The van der Waals surface area contributed by atoms with Gasteiger partial charge in [0.05, 0.1) is 0 Å². The summed E-state index contributed by atoms with van der Waals surface area (Å²) in [6.45, 7) is 17.1. The number of rotatable bonds is 5. The molecule has 0 aliphatic rings. The van der Waals surface area contributed by atoms with Crippen molar-refractivity contribution in [2.24, 2.45) is 5.92 Å². The molecule has 0 aliphatic heterocycles. The van der Waals surface area contributed by atoms with Gasteiger partial charge >= 0.3 is 0 Å². The molecule has 0 atom stereocenters. The molecule has 0 spiro atoms. The quantitative estimate of drug-likeness (QED) is 0.851. The molecule has 3 heteroatoms. The van der Waals surface area contributed by atoms with Gasteiger partial charge in [-0.3, -0.25) is 0 Å². The van der Waals surface area contributed by atoms with Crippen molar-refractivity contribution in [1.29, 1.82) is 0 Å². The Morgan fingerprint density at radius 2 is 1.84 bits per heavy atom. The van der Waals surface area contributed by atoms with E-state index in [9.17, 15) is 0 Å². The third kappa shape index (κ3) is 5.60. The van der Waals surface area contributed by atoms with Crippen molar-refractivity contribution in [3.8, 4) is 0 Å². The van der Waals surface area contributed by atoms with Crippen molar-refractivity contribution >= 4 is 5.82 Å². The molecule has 0 aromatic carbocycles. The molecule has 0 saturated carbocycles. The molecule has 1 aromatic heterocycles. The summed E-state index contributed by atoms with van der Waals surface area (Å²) in [5, 5.41) is 7.03. The van der Waals surface area contributed by atoms with E-state index >= 15 is 0 Å². The lowest BCUT2D eigenvalue weighted by molar-refractivity contribution is 0.550. The zero-order valence-corrected chi connectivity index (χ0v) is 13.5. The largest absolute Gasteiger partial charge is 0.365 e. The summed E-state index contributed by atoms with van der Waals surface area (Å²) in [6.07, 6.45) is 0. The Kier molecular flexibility index (Phi) is 5.36. The predicted molar refractivity (Wildman–Crippen MR) is 83.6 cm³/mol. The van der Waals surface area contributed by atoms with E-state index < -0.39 is 0 Å². The highest BCUT2D eigenvalue weighted by Crippen LogP contribution is 2.22. The smallest absolute Gasteiger partial charge is 0.131 e. The number of hydrogen-bond acceptors (Lipinski definition) is 3. The van der Waals surface area contributed by atoms with Crippen LogP contribution in [0.1, 0.15) is 51.4 Å². The monoisotopic (exact) mass is 263 g/mol. The van der Waals surface area contributed by atoms with Gasteiger partial charge in [-0.2, -0.15) is 0 Å². The highest BCUT2D eigenvalue weighted by atomic mass is 15.1. The zero-order chi connectivity index (χ0) is 14.6. The van der Waals surface area contributed by atoms with Crippen molar-refractivity contribution in [2.45, 2.75) is 60.5 Å². The van der Waals surface area contributed by atoms with Crippen molar-refractivity contribution in [2.75, 3.05) is 11.9 Å². The Morgan fingerprint density at radius 1 is 1.21 bits per heavy atom. The molecule has 0 aliphatic carbocycles. The summed E-state index contributed by atoms with van der Waals surface area (Å²) in [7, 11) is 0. The molecular formula is C16H29N3. The summed E-state index contributed by atoms with van der Waals surface area (Å²) >= 11 is 0. The Morgan fingerprint density at radius 3 is 2.37 bits per heavy atom. The number of nitrogens with one attached hydrogen (secondary N) is 2. The van der Waals surface area contributed by atoms with E-state index in [2.05, 4.69) is 63.2 Å². The summed E-state index contributed by atoms with van der Waals surface area (Å²) in [5.41, 5.74) is 3.67. The fourth-order valence-electron chi connectivity index (χ4n) is 2.03. The Bertz CT molecular complexity index is 417. The van der Waals surface area contributed by atoms with E-state index in [1.807, 2.05) is 6.92 Å². The maximum atomic E-state index is 4.67. The van der Waals surface area contributed by atoms with Crippen molar-refractivity contribution < 1.29 is 0 Å². The lowest BCUT2D eigenvalue weighted by Crippen LogP contribution is -2.29. The lowest BCUT2D eigenvalue weighted by atomic mass is 10.1. The van der Waals surface area contributed by atoms with Crippen LogP contribution in [0.2, 0.25) is 0 Å². The Labute approximate surface area is 118 Å². The van der Waals surface area contributed by atoms with Crippen LogP contribution < -0.4 is 10.6 Å². The van der Waals surface area contributed by atoms with Crippen LogP contribution in [0.4, 0.5) is 5.82 Å². The minimum atomic E-state index is 0.0278. The minimum Gasteiger partial charge on any atom is -0.365 e. The molecule has 108 valence electrons. The van der Waals surface area contributed by atoms with Gasteiger partial charge in [-0.25, -0.2) is 4.98 Å². The molecule has 0 amide bonds. The van der Waals surface area contributed by atoms with Gasteiger partial charge in [0.25, 0.3) is 0 Å². The first-order chi connectivity index (χ1) is 8.69. The highest BCUT2D eigenvalue weighted by Gasteiger charge is 2.15. The van der Waals surface area contributed by atoms with Crippen LogP contribution in [0, 0.1) is 19.8 Å². The van der Waals surface area contributed by atoms with Crippen LogP contribution in [0.3, 0.4) is 0 Å². The molecular weight excluding hydrogens is 234 g/mol. The zero-order valence-electron chi connectivity index (χ0n) is 13.5. The first-order valence-electron chi connectivity index (χ1n) is 7.15. The number of hydrogen-bond donors (Lipinski definition) is 2. The van der Waals surface area contributed by atoms with Crippen LogP contribution in [-0.2, 0) is 6.54 Å². The topological polar surface area (TPSA) is 37.0 Å². The molecule has 0 saturated heterocycles. The van der Waals surface area contributed by atoms with Crippen LogP contribution >= 0.6 is 0 Å². The minimum absolute atomic E-state index is 0.0278. The molecule has 2 N–H and O–H groups in total. The Balaban J connectivity index is 2.93. The van der Waals surface area contributed by atoms with Gasteiger partial charge in [-0.15, -0.1) is 0 Å². The van der Waals surface area contributed by atoms with E-state index in [4.69, 9.17) is 0 Å². The summed E-state index contributed by atoms with van der Waals surface area (Å²) in [6, 6.07) is 2.15. The number of nitrogens with zero attached hydrogens (tertiary/aromatic N) is 1. The predicted octanol–water partition coefficient (Wildman–Crippen LogP) is 3.65. The molecule has 1 rings (SSSR count). The third-order valence-electron chi connectivity index (χ3n) is 2.82. The number of anilines is 1. The first-order valence-corrected chi connectivity index (χ1v) is 7.15. The second-order valence-electron chi connectivity index (χ2n) is 6.81. The molecule has 0 bridgehead atoms. The number of aryl methyl sites for hydroxylation is 2. The molecule has 19 heavy (non-hydrogen) atoms. The van der Waals surface area contributed by atoms with Crippen molar-refractivity contribution in [1.82, 2.24) is 10.3 Å². The second kappa shape index (κ2) is 6.38. The van der Waals surface area contributed by atoms with E-state index in [0.717, 1.165) is 24.6 Å². The SMILES string of the molecule is Cc1cc(C)c(CNCC(C)C)c(NC(C)(C)C)n1. The number of pyridine rings is 1. The third-order valence-corrected chi connectivity index (χ3v) is 2.82. The summed E-state index contributed by atoms with van der Waals surface area (Å²) in [4.78, 5) is 4.67. The van der Waals surface area contributed by atoms with E-state index in [1.54, 1.807) is 0 Å². The highest BCUT2D eigenvalue weighted by molar-refractivity contribution is 5.50. The van der Waals surface area contributed by atoms with Gasteiger partial charge in [0.1, 0.15) is 5.82 Å². The second-order valence-corrected chi connectivity index (χ2v) is 6.81. The summed E-state index contributed by atoms with van der Waals surface area (Å²) in [5.74, 6) is 1.68. The molecule has 0 radical (unpaired) electrons. The van der Waals surface area contributed by atoms with Gasteiger partial charge in [-0.1, -0.05) is 13.8 Å². The van der Waals surface area contributed by atoms with Gasteiger partial charge in [0, 0.05) is 23.3 Å². The van der Waals surface area contributed by atoms with E-state index in [0.29, 0.717) is 5.92 Å². The summed E-state index contributed by atoms with van der Waals surface area (Å²) < 4.78 is 0. The number of aromatic nitrogens is 1.